The van der Waals surface area contributed by atoms with Crippen LogP contribution >= 0.6 is 0 Å². The average Bonchev–Trinajstić information content (AvgIpc) is 2.87. The van der Waals surface area contributed by atoms with E-state index >= 15 is 0 Å². The van der Waals surface area contributed by atoms with Crippen molar-refractivity contribution in [1.29, 1.82) is 0 Å². The van der Waals surface area contributed by atoms with Crippen molar-refractivity contribution in [2.75, 3.05) is 13.2 Å². The van der Waals surface area contributed by atoms with Crippen LogP contribution in [0.5, 0.6) is 0 Å². The van der Waals surface area contributed by atoms with Gasteiger partial charge in [0.15, 0.2) is 0 Å². The molecule has 80 valence electrons. The van der Waals surface area contributed by atoms with E-state index in [2.05, 4.69) is 12.2 Å². The van der Waals surface area contributed by atoms with E-state index < -0.39 is 0 Å². The van der Waals surface area contributed by atoms with E-state index in [1.165, 1.54) is 12.8 Å². The summed E-state index contributed by atoms with van der Waals surface area (Å²) in [6, 6.07) is -0.0470. The van der Waals surface area contributed by atoms with E-state index in [9.17, 15) is 4.79 Å². The third-order valence-corrected chi connectivity index (χ3v) is 3.25. The number of nitrogens with one attached hydrogen (secondary N) is 1. The highest BCUT2D eigenvalue weighted by Gasteiger charge is 2.30. The van der Waals surface area contributed by atoms with Crippen molar-refractivity contribution in [1.82, 2.24) is 5.32 Å². The summed E-state index contributed by atoms with van der Waals surface area (Å²) in [5, 5.41) is 3.19. The Balaban J connectivity index is 1.65. The molecule has 3 heteroatoms. The van der Waals surface area contributed by atoms with Crippen molar-refractivity contribution in [2.24, 2.45) is 11.8 Å². The number of hydrogen-bond donors (Lipinski definition) is 1. The maximum atomic E-state index is 11.6. The van der Waals surface area contributed by atoms with Crippen molar-refractivity contribution in [2.45, 2.75) is 38.6 Å². The summed E-state index contributed by atoms with van der Waals surface area (Å²) in [7, 11) is 0. The predicted octanol–water partition coefficient (Wildman–Crippen LogP) is 1.33. The van der Waals surface area contributed by atoms with Gasteiger partial charge in [0.1, 0.15) is 6.04 Å². The molecule has 14 heavy (non-hydrogen) atoms. The lowest BCUT2D eigenvalue weighted by Gasteiger charge is -2.14. The number of esters is 1. The van der Waals surface area contributed by atoms with Crippen LogP contribution < -0.4 is 5.32 Å². The van der Waals surface area contributed by atoms with Gasteiger partial charge in [0, 0.05) is 0 Å². The van der Waals surface area contributed by atoms with Gasteiger partial charge in [0.2, 0.25) is 0 Å². The van der Waals surface area contributed by atoms with E-state index in [4.69, 9.17) is 4.74 Å². The van der Waals surface area contributed by atoms with Gasteiger partial charge in [0.05, 0.1) is 6.61 Å². The number of rotatable bonds is 4. The van der Waals surface area contributed by atoms with Crippen LogP contribution in [0.15, 0.2) is 0 Å². The van der Waals surface area contributed by atoms with E-state index in [1.807, 2.05) is 0 Å². The molecule has 0 aromatic rings. The zero-order valence-electron chi connectivity index (χ0n) is 8.79. The van der Waals surface area contributed by atoms with Gasteiger partial charge in [-0.15, -0.1) is 0 Å². The van der Waals surface area contributed by atoms with Crippen LogP contribution in [-0.2, 0) is 9.53 Å². The molecule has 3 nitrogen and oxygen atoms in total. The van der Waals surface area contributed by atoms with Crippen molar-refractivity contribution in [3.05, 3.63) is 0 Å². The topological polar surface area (TPSA) is 38.3 Å². The first kappa shape index (κ1) is 9.97. The molecule has 1 heterocycles. The fourth-order valence-electron chi connectivity index (χ4n) is 1.97. The second kappa shape index (κ2) is 4.30. The van der Waals surface area contributed by atoms with Crippen molar-refractivity contribution >= 4 is 5.97 Å². The largest absolute Gasteiger partial charge is 0.465 e. The van der Waals surface area contributed by atoms with Crippen LogP contribution in [-0.4, -0.2) is 25.2 Å². The molecule has 2 rings (SSSR count). The summed E-state index contributed by atoms with van der Waals surface area (Å²) in [5.41, 5.74) is 0. The Hall–Kier alpha value is -0.570. The van der Waals surface area contributed by atoms with Crippen LogP contribution in [0.25, 0.3) is 0 Å². The monoisotopic (exact) mass is 197 g/mol. The highest BCUT2D eigenvalue weighted by atomic mass is 16.5. The van der Waals surface area contributed by atoms with Gasteiger partial charge < -0.3 is 10.1 Å². The van der Waals surface area contributed by atoms with Gasteiger partial charge in [-0.25, -0.2) is 0 Å². The Morgan fingerprint density at radius 2 is 2.21 bits per heavy atom. The quantitative estimate of drug-likeness (QED) is 0.691. The molecule has 2 aliphatic rings. The molecule has 2 fully saturated rings. The maximum absolute atomic E-state index is 11.6. The summed E-state index contributed by atoms with van der Waals surface area (Å²) in [5.74, 6) is 1.23. The average molecular weight is 197 g/mol. The first-order valence-corrected chi connectivity index (χ1v) is 5.67. The third kappa shape index (κ3) is 2.47. The number of ether oxygens (including phenoxy) is 1. The summed E-state index contributed by atoms with van der Waals surface area (Å²) in [4.78, 5) is 11.6. The molecule has 1 saturated carbocycles. The van der Waals surface area contributed by atoms with Crippen LogP contribution in [0.4, 0.5) is 0 Å². The van der Waals surface area contributed by atoms with Crippen LogP contribution in [0.2, 0.25) is 0 Å². The molecule has 0 aromatic heterocycles. The first-order chi connectivity index (χ1) is 6.77. The molecule has 1 saturated heterocycles. The van der Waals surface area contributed by atoms with Crippen LogP contribution in [0, 0.1) is 11.8 Å². The Labute approximate surface area is 85.2 Å². The Bertz CT molecular complexity index is 213. The minimum Gasteiger partial charge on any atom is -0.465 e. The highest BCUT2D eigenvalue weighted by Crippen LogP contribution is 2.32. The predicted molar refractivity (Wildman–Crippen MR) is 53.9 cm³/mol. The molecule has 0 amide bonds. The van der Waals surface area contributed by atoms with Gasteiger partial charge in [-0.05, 0) is 31.2 Å². The SMILES string of the molecule is CC1CCNC1C(=O)OCCC1CC1. The van der Waals surface area contributed by atoms with Crippen molar-refractivity contribution < 1.29 is 9.53 Å². The molecule has 1 aliphatic heterocycles. The van der Waals surface area contributed by atoms with Gasteiger partial charge in [-0.1, -0.05) is 19.8 Å². The van der Waals surface area contributed by atoms with Crippen molar-refractivity contribution in [3.63, 3.8) is 0 Å². The molecular weight excluding hydrogens is 178 g/mol. The molecule has 1 N–H and O–H groups in total. The Morgan fingerprint density at radius 1 is 1.43 bits per heavy atom. The lowest BCUT2D eigenvalue weighted by molar-refractivity contribution is -0.146. The fraction of sp³-hybridized carbons (Fsp3) is 0.909. The lowest BCUT2D eigenvalue weighted by Crippen LogP contribution is -2.36. The van der Waals surface area contributed by atoms with Crippen LogP contribution in [0.1, 0.15) is 32.6 Å². The highest BCUT2D eigenvalue weighted by molar-refractivity contribution is 5.76. The molecule has 0 radical (unpaired) electrons. The molecule has 2 atom stereocenters. The third-order valence-electron chi connectivity index (χ3n) is 3.25. The van der Waals surface area contributed by atoms with Gasteiger partial charge >= 0.3 is 5.97 Å². The molecule has 1 aliphatic carbocycles. The molecule has 0 spiro atoms. The second-order valence-corrected chi connectivity index (χ2v) is 4.60. The molecule has 0 bridgehead atoms. The van der Waals surface area contributed by atoms with Gasteiger partial charge in [-0.2, -0.15) is 0 Å². The molecule has 0 aromatic carbocycles. The normalized spacial score (nSPS) is 31.8. The van der Waals surface area contributed by atoms with E-state index in [0.717, 1.165) is 25.3 Å². The standard InChI is InChI=1S/C11H19NO2/c1-8-4-6-12-10(8)11(13)14-7-5-9-2-3-9/h8-10,12H,2-7H2,1H3. The van der Waals surface area contributed by atoms with Gasteiger partial charge in [-0.3, -0.25) is 4.79 Å². The summed E-state index contributed by atoms with van der Waals surface area (Å²) in [6.07, 6.45) is 4.81. The van der Waals surface area contributed by atoms with Gasteiger partial charge in [0.25, 0.3) is 0 Å². The fourth-order valence-corrected chi connectivity index (χ4v) is 1.97. The van der Waals surface area contributed by atoms with E-state index in [0.29, 0.717) is 12.5 Å². The second-order valence-electron chi connectivity index (χ2n) is 4.60. The molecule has 2 unspecified atom stereocenters. The first-order valence-electron chi connectivity index (χ1n) is 5.67. The number of carbonyl (C=O) groups excluding carboxylic acids is 1. The van der Waals surface area contributed by atoms with E-state index in [1.54, 1.807) is 0 Å². The zero-order chi connectivity index (χ0) is 9.97. The zero-order valence-corrected chi connectivity index (χ0v) is 8.79. The minimum atomic E-state index is -0.0470. The minimum absolute atomic E-state index is 0.0457. The lowest BCUT2D eigenvalue weighted by atomic mass is 10.0. The molecular formula is C11H19NO2. The van der Waals surface area contributed by atoms with Crippen molar-refractivity contribution in [3.8, 4) is 0 Å². The summed E-state index contributed by atoms with van der Waals surface area (Å²) in [6.45, 7) is 3.67. The Kier molecular flexibility index (Phi) is 3.06. The summed E-state index contributed by atoms with van der Waals surface area (Å²) >= 11 is 0. The summed E-state index contributed by atoms with van der Waals surface area (Å²) < 4.78 is 5.25. The van der Waals surface area contributed by atoms with Crippen LogP contribution in [0.3, 0.4) is 0 Å². The van der Waals surface area contributed by atoms with E-state index in [-0.39, 0.29) is 12.0 Å². The number of hydrogen-bond acceptors (Lipinski definition) is 3. The Morgan fingerprint density at radius 3 is 2.79 bits per heavy atom. The number of carbonyl (C=O) groups is 1. The smallest absolute Gasteiger partial charge is 0.323 e. The maximum Gasteiger partial charge on any atom is 0.323 e.